The summed E-state index contributed by atoms with van der Waals surface area (Å²) >= 11 is 0. The van der Waals surface area contributed by atoms with E-state index in [2.05, 4.69) is 44.3 Å². The number of amides is 3. The summed E-state index contributed by atoms with van der Waals surface area (Å²) in [4.78, 5) is 74.6. The highest BCUT2D eigenvalue weighted by Crippen LogP contribution is 2.45. The van der Waals surface area contributed by atoms with Gasteiger partial charge in [0, 0.05) is 107 Å². The molecule has 1 unspecified atom stereocenters. The first kappa shape index (κ1) is 42.1. The summed E-state index contributed by atoms with van der Waals surface area (Å²) in [5, 5.41) is 2.69. The van der Waals surface area contributed by atoms with Crippen molar-refractivity contribution in [2.24, 2.45) is 13.0 Å². The number of ether oxygens (including phenoxy) is 2. The quantitative estimate of drug-likeness (QED) is 0.285. The van der Waals surface area contributed by atoms with Gasteiger partial charge in [-0.05, 0) is 111 Å². The molecule has 0 bridgehead atoms. The number of ketones is 2. The van der Waals surface area contributed by atoms with Gasteiger partial charge in [0.1, 0.15) is 17.3 Å². The molecule has 9 rings (SSSR count). The molecule has 0 radical (unpaired) electrons. The van der Waals surface area contributed by atoms with Crippen LogP contribution in [0.1, 0.15) is 90.4 Å². The number of fused-ring (bicyclic) bond motifs is 2. The average molecular weight is 848 g/mol. The molecule has 1 N–H and O–H groups in total. The molecule has 14 nitrogen and oxygen atoms in total. The number of anilines is 1. The van der Waals surface area contributed by atoms with Crippen molar-refractivity contribution in [1.82, 2.24) is 29.5 Å². The maximum atomic E-state index is 13.3. The first-order valence-electron chi connectivity index (χ1n) is 22.6. The van der Waals surface area contributed by atoms with E-state index < -0.39 is 6.04 Å². The molecule has 1 spiro atoms. The van der Waals surface area contributed by atoms with Crippen molar-refractivity contribution in [3.8, 4) is 22.6 Å². The molecule has 2 saturated heterocycles. The van der Waals surface area contributed by atoms with Gasteiger partial charge in [-0.1, -0.05) is 0 Å². The second-order valence-electron chi connectivity index (χ2n) is 18.5. The Hall–Kier alpha value is -5.21. The Morgan fingerprint density at radius 1 is 0.871 bits per heavy atom. The van der Waals surface area contributed by atoms with Crippen LogP contribution >= 0.6 is 0 Å². The highest BCUT2D eigenvalue weighted by molar-refractivity contribution is 6.07. The molecule has 6 aliphatic rings. The number of rotatable bonds is 10. The van der Waals surface area contributed by atoms with E-state index in [4.69, 9.17) is 9.47 Å². The van der Waals surface area contributed by atoms with E-state index in [1.165, 1.54) is 25.7 Å². The van der Waals surface area contributed by atoms with E-state index in [0.717, 1.165) is 104 Å². The first-order chi connectivity index (χ1) is 30.0. The van der Waals surface area contributed by atoms with Gasteiger partial charge in [-0.15, -0.1) is 0 Å². The Morgan fingerprint density at radius 2 is 1.63 bits per heavy atom. The summed E-state index contributed by atoms with van der Waals surface area (Å²) < 4.78 is 13.8. The zero-order valence-electron chi connectivity index (χ0n) is 36.8. The third kappa shape index (κ3) is 7.78. The van der Waals surface area contributed by atoms with Crippen LogP contribution in [0.15, 0.2) is 41.3 Å². The summed E-state index contributed by atoms with van der Waals surface area (Å²) in [6, 6.07) is 9.64. The van der Waals surface area contributed by atoms with Gasteiger partial charge >= 0.3 is 6.03 Å². The molecule has 2 aliphatic carbocycles. The van der Waals surface area contributed by atoms with Gasteiger partial charge in [-0.3, -0.25) is 24.1 Å². The van der Waals surface area contributed by atoms with Crippen molar-refractivity contribution in [2.45, 2.75) is 95.4 Å². The molecule has 330 valence electrons. The standard InChI is InChI=1S/C48H61N7O7/c1-49-47(60)53-19-13-37-38(27-50(2)45(58)39(37)28-53)32-23-43(61-3)40(44(24-32)62-4)29-54-21-20-51(30-48(54)14-5-15-48)16-10-31-11-17-52(18-12-31)34-6-8-36-33(22-34)26-55(46(36)59)41-9-7-35(56)25-42(41)57/h6,8,22-24,27,31,41H,5,7,9-21,25-26,28-30H2,1-4H3,(H,49,60). The van der Waals surface area contributed by atoms with Crippen LogP contribution in [0.4, 0.5) is 10.5 Å². The van der Waals surface area contributed by atoms with Crippen LogP contribution in [0.2, 0.25) is 0 Å². The van der Waals surface area contributed by atoms with Crippen LogP contribution in [0, 0.1) is 5.92 Å². The smallest absolute Gasteiger partial charge is 0.317 e. The zero-order chi connectivity index (χ0) is 43.3. The maximum absolute atomic E-state index is 13.3. The van der Waals surface area contributed by atoms with E-state index in [1.54, 1.807) is 42.7 Å². The average Bonchev–Trinajstić information content (AvgIpc) is 3.60. The number of nitrogens with zero attached hydrogens (tertiary/aromatic N) is 6. The number of urea groups is 1. The maximum Gasteiger partial charge on any atom is 0.317 e. The first-order valence-corrected chi connectivity index (χ1v) is 22.6. The Kier molecular flexibility index (Phi) is 11.7. The number of pyridine rings is 1. The summed E-state index contributed by atoms with van der Waals surface area (Å²) in [6.07, 6.45) is 10.3. The number of methoxy groups -OCH3 is 2. The fraction of sp³-hybridized carbons (Fsp3) is 0.562. The van der Waals surface area contributed by atoms with Crippen molar-refractivity contribution in [3.05, 3.63) is 74.7 Å². The van der Waals surface area contributed by atoms with Gasteiger partial charge in [0.25, 0.3) is 11.5 Å². The SMILES string of the molecule is CNC(=O)N1CCc2c(-c3cc(OC)c(CN4CCN(CCC5CCN(c6ccc7c(c6)CN(C6CCC(=O)CC6=O)C7=O)CC5)CC45CCC5)c(OC)c3)cn(C)c(=O)c2C1. The monoisotopic (exact) mass is 847 g/mol. The highest BCUT2D eigenvalue weighted by Gasteiger charge is 2.46. The summed E-state index contributed by atoms with van der Waals surface area (Å²) in [5.41, 5.74) is 7.42. The number of nitrogens with one attached hydrogen (secondary N) is 1. The zero-order valence-corrected chi connectivity index (χ0v) is 36.8. The van der Waals surface area contributed by atoms with Gasteiger partial charge in [-0.2, -0.15) is 0 Å². The second kappa shape index (κ2) is 17.2. The van der Waals surface area contributed by atoms with Crippen molar-refractivity contribution in [3.63, 3.8) is 0 Å². The third-order valence-electron chi connectivity index (χ3n) is 15.1. The molecule has 2 aromatic carbocycles. The number of carbonyl (C=O) groups is 4. The molecule has 3 amide bonds. The lowest BCUT2D eigenvalue weighted by molar-refractivity contribution is -0.133. The predicted molar refractivity (Wildman–Crippen MR) is 236 cm³/mol. The number of piperidine rings is 1. The minimum atomic E-state index is -0.488. The molecule has 4 fully saturated rings. The number of carbonyl (C=O) groups excluding carboxylic acids is 4. The van der Waals surface area contributed by atoms with E-state index in [-0.39, 0.29) is 47.6 Å². The van der Waals surface area contributed by atoms with E-state index in [0.29, 0.717) is 49.4 Å². The fourth-order valence-corrected chi connectivity index (χ4v) is 11.3. The Morgan fingerprint density at radius 3 is 2.31 bits per heavy atom. The van der Waals surface area contributed by atoms with Crippen molar-refractivity contribution in [2.75, 3.05) is 72.0 Å². The van der Waals surface area contributed by atoms with Crippen LogP contribution < -0.4 is 25.2 Å². The molecule has 62 heavy (non-hydrogen) atoms. The molecular weight excluding hydrogens is 787 g/mol. The Labute approximate surface area is 364 Å². The number of Topliss-reactive ketones (excluding diaryl/α,β-unsaturated/α-hetero) is 2. The molecule has 5 heterocycles. The van der Waals surface area contributed by atoms with Gasteiger partial charge in [0.05, 0.1) is 38.8 Å². The molecule has 3 aromatic rings. The molecule has 4 aliphatic heterocycles. The Balaban J connectivity index is 0.815. The van der Waals surface area contributed by atoms with Crippen molar-refractivity contribution >= 4 is 29.2 Å². The normalized spacial score (nSPS) is 21.8. The predicted octanol–water partition coefficient (Wildman–Crippen LogP) is 4.76. The van der Waals surface area contributed by atoms with Gasteiger partial charge in [-0.25, -0.2) is 4.79 Å². The molecule has 14 heteroatoms. The van der Waals surface area contributed by atoms with Crippen LogP contribution in [0.5, 0.6) is 11.5 Å². The van der Waals surface area contributed by atoms with E-state index in [9.17, 15) is 24.0 Å². The molecule has 2 saturated carbocycles. The lowest BCUT2D eigenvalue weighted by Crippen LogP contribution is -2.65. The Bertz CT molecular complexity index is 2300. The fourth-order valence-electron chi connectivity index (χ4n) is 11.3. The highest BCUT2D eigenvalue weighted by atomic mass is 16.5. The van der Waals surface area contributed by atoms with Crippen LogP contribution in [0.3, 0.4) is 0 Å². The van der Waals surface area contributed by atoms with E-state index >= 15 is 0 Å². The number of aromatic nitrogens is 1. The lowest BCUT2D eigenvalue weighted by atomic mass is 9.73. The number of aryl methyl sites for hydroxylation is 1. The lowest BCUT2D eigenvalue weighted by Gasteiger charge is -2.56. The van der Waals surface area contributed by atoms with Gasteiger partial charge in [0.2, 0.25) is 0 Å². The summed E-state index contributed by atoms with van der Waals surface area (Å²) in [5.74, 6) is 1.98. The minimum Gasteiger partial charge on any atom is -0.496 e. The second-order valence-corrected chi connectivity index (χ2v) is 18.5. The van der Waals surface area contributed by atoms with E-state index in [1.807, 2.05) is 12.3 Å². The van der Waals surface area contributed by atoms with Crippen molar-refractivity contribution < 1.29 is 28.7 Å². The number of benzene rings is 2. The molecule has 1 atom stereocenters. The number of hydrogen-bond acceptors (Lipinski definition) is 10. The number of hydrogen-bond donors (Lipinski definition) is 1. The molecular formula is C48H61N7O7. The third-order valence-corrected chi connectivity index (χ3v) is 15.1. The van der Waals surface area contributed by atoms with Crippen LogP contribution in [0.25, 0.3) is 11.1 Å². The van der Waals surface area contributed by atoms with Crippen LogP contribution in [-0.2, 0) is 42.7 Å². The summed E-state index contributed by atoms with van der Waals surface area (Å²) in [6.45, 7) is 8.14. The minimum absolute atomic E-state index is 0.0252. The van der Waals surface area contributed by atoms with Crippen molar-refractivity contribution in [1.29, 1.82) is 0 Å². The number of piperazine rings is 1. The van der Waals surface area contributed by atoms with Crippen LogP contribution in [-0.4, -0.2) is 126 Å². The van der Waals surface area contributed by atoms with Gasteiger partial charge in [0.15, 0.2) is 5.78 Å². The molecule has 1 aromatic heterocycles. The summed E-state index contributed by atoms with van der Waals surface area (Å²) in [7, 11) is 6.81. The largest absolute Gasteiger partial charge is 0.496 e. The topological polar surface area (TPSA) is 137 Å². The van der Waals surface area contributed by atoms with Gasteiger partial charge < -0.3 is 39.0 Å².